The van der Waals surface area contributed by atoms with Crippen molar-refractivity contribution in [2.45, 2.75) is 19.3 Å². The molecule has 0 fully saturated rings. The second-order valence-corrected chi connectivity index (χ2v) is 9.07. The molecule has 0 aliphatic rings. The third-order valence-electron chi connectivity index (χ3n) is 5.61. The number of aromatic nitrogens is 4. The Bertz CT molecular complexity index is 1740. The topological polar surface area (TPSA) is 115 Å². The van der Waals surface area contributed by atoms with Crippen molar-refractivity contribution in [2.24, 2.45) is 5.73 Å². The maximum atomic E-state index is 13.6. The zero-order chi connectivity index (χ0) is 28.0. The van der Waals surface area contributed by atoms with Crippen molar-refractivity contribution in [3.05, 3.63) is 76.2 Å². The molecule has 4 aromatic heterocycles. The number of nitrogens with zero attached hydrogens (tertiary/aromatic N) is 4. The number of anilines is 1. The van der Waals surface area contributed by atoms with Crippen molar-refractivity contribution < 1.29 is 35.9 Å². The highest BCUT2D eigenvalue weighted by atomic mass is 32.1. The van der Waals surface area contributed by atoms with Crippen molar-refractivity contribution in [3.63, 3.8) is 0 Å². The minimum atomic E-state index is -3.21. The standard InChI is InChI=1S/C24H14F6N6O2S/c25-19(26)11-6-10(9-4-2-1-3-5-9)16-17(18(22(31)37)39-24(16)33-11)34-23(38)13-8-15-32-12(20(27)28)7-14(21(29)30)36(15)35-13/h1-8,19-21H,(H2,31,37)(H,34,38). The first-order valence-electron chi connectivity index (χ1n) is 10.9. The van der Waals surface area contributed by atoms with Crippen molar-refractivity contribution >= 4 is 44.7 Å². The van der Waals surface area contributed by atoms with E-state index in [2.05, 4.69) is 20.4 Å². The van der Waals surface area contributed by atoms with E-state index in [9.17, 15) is 35.9 Å². The first-order valence-corrected chi connectivity index (χ1v) is 11.8. The van der Waals surface area contributed by atoms with Gasteiger partial charge in [-0.05, 0) is 23.3 Å². The molecule has 0 bridgehead atoms. The highest BCUT2D eigenvalue weighted by molar-refractivity contribution is 7.21. The van der Waals surface area contributed by atoms with E-state index in [1.807, 2.05) is 0 Å². The van der Waals surface area contributed by atoms with E-state index in [4.69, 9.17) is 5.73 Å². The quantitative estimate of drug-likeness (QED) is 0.230. The molecule has 5 aromatic rings. The average Bonchev–Trinajstić information content (AvgIpc) is 3.50. The van der Waals surface area contributed by atoms with Gasteiger partial charge in [0.1, 0.15) is 26.8 Å². The number of amides is 2. The Kier molecular flexibility index (Phi) is 6.68. The van der Waals surface area contributed by atoms with Crippen LogP contribution in [0.5, 0.6) is 0 Å². The molecule has 4 heterocycles. The first kappa shape index (κ1) is 26.1. The van der Waals surface area contributed by atoms with E-state index in [-0.39, 0.29) is 26.3 Å². The van der Waals surface area contributed by atoms with Gasteiger partial charge in [-0.3, -0.25) is 9.59 Å². The zero-order valence-electron chi connectivity index (χ0n) is 19.2. The van der Waals surface area contributed by atoms with E-state index in [0.717, 1.165) is 12.1 Å². The summed E-state index contributed by atoms with van der Waals surface area (Å²) in [7, 11) is 0. The number of hydrogen-bond donors (Lipinski definition) is 2. The van der Waals surface area contributed by atoms with Crippen molar-refractivity contribution in [1.82, 2.24) is 19.6 Å². The summed E-state index contributed by atoms with van der Waals surface area (Å²) in [5.74, 6) is -2.03. The molecule has 200 valence electrons. The van der Waals surface area contributed by atoms with Crippen LogP contribution >= 0.6 is 11.3 Å². The number of nitrogens with two attached hydrogens (primary N) is 1. The smallest absolute Gasteiger partial charge is 0.280 e. The highest BCUT2D eigenvalue weighted by Gasteiger charge is 2.27. The van der Waals surface area contributed by atoms with E-state index in [1.54, 1.807) is 30.3 Å². The number of carbonyl (C=O) groups excluding carboxylic acids is 2. The van der Waals surface area contributed by atoms with Crippen LogP contribution in [0.1, 0.15) is 56.5 Å². The Labute approximate surface area is 218 Å². The summed E-state index contributed by atoms with van der Waals surface area (Å²) in [6.07, 6.45) is -9.31. The van der Waals surface area contributed by atoms with Crippen molar-refractivity contribution in [3.8, 4) is 11.1 Å². The van der Waals surface area contributed by atoms with Gasteiger partial charge in [-0.15, -0.1) is 11.3 Å². The molecular formula is C24H14F6N6O2S. The maximum absolute atomic E-state index is 13.6. The second kappa shape index (κ2) is 9.98. The summed E-state index contributed by atoms with van der Waals surface area (Å²) >= 11 is 0.672. The monoisotopic (exact) mass is 564 g/mol. The number of halogens is 6. The molecule has 15 heteroatoms. The van der Waals surface area contributed by atoms with E-state index in [0.29, 0.717) is 27.5 Å². The van der Waals surface area contributed by atoms with Crippen molar-refractivity contribution in [2.75, 3.05) is 5.32 Å². The molecule has 0 saturated carbocycles. The third kappa shape index (κ3) is 4.76. The lowest BCUT2D eigenvalue weighted by Gasteiger charge is -2.10. The largest absolute Gasteiger partial charge is 0.365 e. The average molecular weight is 564 g/mol. The van der Waals surface area contributed by atoms with Crippen LogP contribution in [0.25, 0.3) is 27.0 Å². The molecule has 5 rings (SSSR count). The van der Waals surface area contributed by atoms with Crippen LogP contribution in [0, 0.1) is 0 Å². The SMILES string of the molecule is NC(=O)c1sc2nc(C(F)F)cc(-c3ccccc3)c2c1NC(=O)c1cc2nc(C(F)F)cc(C(F)F)n2n1. The van der Waals surface area contributed by atoms with Crippen LogP contribution in [-0.4, -0.2) is 31.4 Å². The molecule has 39 heavy (non-hydrogen) atoms. The summed E-state index contributed by atoms with van der Waals surface area (Å²) in [4.78, 5) is 32.7. The van der Waals surface area contributed by atoms with Crippen LogP contribution in [0.2, 0.25) is 0 Å². The van der Waals surface area contributed by atoms with E-state index >= 15 is 0 Å². The fourth-order valence-corrected chi connectivity index (χ4v) is 4.96. The molecule has 0 atom stereocenters. The third-order valence-corrected chi connectivity index (χ3v) is 6.71. The molecule has 3 N–H and O–H groups in total. The molecule has 0 saturated heterocycles. The van der Waals surface area contributed by atoms with Gasteiger partial charge in [0.15, 0.2) is 11.3 Å². The number of thiophene rings is 1. The number of rotatable bonds is 7. The molecule has 8 nitrogen and oxygen atoms in total. The van der Waals surface area contributed by atoms with Gasteiger partial charge in [-0.1, -0.05) is 30.3 Å². The highest BCUT2D eigenvalue weighted by Crippen LogP contribution is 2.42. The number of benzene rings is 1. The maximum Gasteiger partial charge on any atom is 0.280 e. The lowest BCUT2D eigenvalue weighted by atomic mass is 10.0. The van der Waals surface area contributed by atoms with Gasteiger partial charge >= 0.3 is 0 Å². The molecule has 0 spiro atoms. The second-order valence-electron chi connectivity index (χ2n) is 8.07. The minimum absolute atomic E-state index is 0.0195. The Morgan fingerprint density at radius 3 is 2.18 bits per heavy atom. The van der Waals surface area contributed by atoms with Gasteiger partial charge in [-0.25, -0.2) is 40.8 Å². The fraction of sp³-hybridized carbons (Fsp3) is 0.125. The van der Waals surface area contributed by atoms with Gasteiger partial charge in [0, 0.05) is 11.5 Å². The number of fused-ring (bicyclic) bond motifs is 2. The summed E-state index contributed by atoms with van der Waals surface area (Å²) in [6, 6.07) is 10.8. The van der Waals surface area contributed by atoms with Crippen molar-refractivity contribution in [1.29, 1.82) is 0 Å². The van der Waals surface area contributed by atoms with Gasteiger partial charge in [0.05, 0.1) is 5.69 Å². The van der Waals surface area contributed by atoms with E-state index in [1.165, 1.54) is 0 Å². The predicted octanol–water partition coefficient (Wildman–Crippen LogP) is 6.17. The number of pyridine rings is 1. The number of nitrogens with one attached hydrogen (secondary N) is 1. The summed E-state index contributed by atoms with van der Waals surface area (Å²) < 4.78 is 81.2. The van der Waals surface area contributed by atoms with Crippen LogP contribution in [-0.2, 0) is 0 Å². The van der Waals surface area contributed by atoms with Gasteiger partial charge in [0.2, 0.25) is 0 Å². The molecule has 0 aliphatic carbocycles. The van der Waals surface area contributed by atoms with Crippen LogP contribution in [0.15, 0.2) is 48.5 Å². The molecule has 0 aliphatic heterocycles. The van der Waals surface area contributed by atoms with Crippen LogP contribution in [0.3, 0.4) is 0 Å². The fourth-order valence-electron chi connectivity index (χ4n) is 3.94. The van der Waals surface area contributed by atoms with Crippen LogP contribution < -0.4 is 11.1 Å². The summed E-state index contributed by atoms with van der Waals surface area (Å²) in [6.45, 7) is 0. The molecule has 1 aromatic carbocycles. The summed E-state index contributed by atoms with van der Waals surface area (Å²) in [5, 5.41) is 6.35. The van der Waals surface area contributed by atoms with Gasteiger partial charge in [-0.2, -0.15) is 5.10 Å². The number of carbonyl (C=O) groups is 2. The molecule has 0 radical (unpaired) electrons. The van der Waals surface area contributed by atoms with Crippen LogP contribution in [0.4, 0.5) is 32.0 Å². The predicted molar refractivity (Wildman–Crippen MR) is 129 cm³/mol. The number of alkyl halides is 6. The lowest BCUT2D eigenvalue weighted by molar-refractivity contribution is 0.100. The Morgan fingerprint density at radius 2 is 1.56 bits per heavy atom. The normalized spacial score (nSPS) is 11.8. The molecule has 0 unspecified atom stereocenters. The first-order chi connectivity index (χ1) is 18.5. The Hall–Kier alpha value is -4.53. The number of primary amides is 1. The molecular weight excluding hydrogens is 550 g/mol. The Morgan fingerprint density at radius 1 is 0.897 bits per heavy atom. The van der Waals surface area contributed by atoms with Gasteiger partial charge < -0.3 is 11.1 Å². The molecule has 2 amide bonds. The summed E-state index contributed by atoms with van der Waals surface area (Å²) in [5.41, 5.74) is 2.67. The Balaban J connectivity index is 1.67. The van der Waals surface area contributed by atoms with E-state index < -0.39 is 59.5 Å². The lowest BCUT2D eigenvalue weighted by Crippen LogP contribution is -2.17. The zero-order valence-corrected chi connectivity index (χ0v) is 20.0. The van der Waals surface area contributed by atoms with Gasteiger partial charge in [0.25, 0.3) is 31.1 Å². The number of hydrogen-bond acceptors (Lipinski definition) is 6. The minimum Gasteiger partial charge on any atom is -0.365 e.